The molecule has 0 aromatic rings. The van der Waals surface area contributed by atoms with Crippen LogP contribution in [0.3, 0.4) is 0 Å². The molecule has 1 heterocycles. The molecule has 1 aliphatic heterocycles. The maximum Gasteiger partial charge on any atom is 0.312 e. The Morgan fingerprint density at radius 1 is 1.30 bits per heavy atom. The summed E-state index contributed by atoms with van der Waals surface area (Å²) in [5.74, 6) is -1.21. The number of carboxylic acids is 1. The summed E-state index contributed by atoms with van der Waals surface area (Å²) in [6.07, 6.45) is -0.322. The summed E-state index contributed by atoms with van der Waals surface area (Å²) in [5.41, 5.74) is 0. The largest absolute Gasteiger partial charge is 0.481 e. The van der Waals surface area contributed by atoms with Crippen LogP contribution in [0.5, 0.6) is 0 Å². The van der Waals surface area contributed by atoms with Gasteiger partial charge in [0.1, 0.15) is 18.1 Å². The number of ether oxygens (including phenoxy) is 2. The zero-order valence-corrected chi connectivity index (χ0v) is 5.32. The van der Waals surface area contributed by atoms with Gasteiger partial charge in [0.25, 0.3) is 0 Å². The van der Waals surface area contributed by atoms with E-state index >= 15 is 0 Å². The third-order valence-corrected chi connectivity index (χ3v) is 1.88. The Bertz CT molecular complexity index is 155. The lowest BCUT2D eigenvalue weighted by atomic mass is 10.4. The second-order valence-electron chi connectivity index (χ2n) is 2.53. The summed E-state index contributed by atoms with van der Waals surface area (Å²) in [7, 11) is 0. The molecule has 0 unspecified atom stereocenters. The van der Waals surface area contributed by atoms with Gasteiger partial charge in [0.15, 0.2) is 0 Å². The third kappa shape index (κ3) is 0.726. The predicted octanol–water partition coefficient (Wildman–Crippen LogP) is -0.515. The molecule has 10 heavy (non-hydrogen) atoms. The second kappa shape index (κ2) is 1.93. The molecule has 1 N–H and O–H groups in total. The highest BCUT2D eigenvalue weighted by Crippen LogP contribution is 2.39. The molecular formula is C6H8O4. The topological polar surface area (TPSA) is 55.8 Å². The summed E-state index contributed by atoms with van der Waals surface area (Å²) in [4.78, 5) is 10.4. The van der Waals surface area contributed by atoms with Gasteiger partial charge in [0.2, 0.25) is 0 Å². The quantitative estimate of drug-likeness (QED) is 0.538. The summed E-state index contributed by atoms with van der Waals surface area (Å²) in [6.45, 7) is 1.07. The highest BCUT2D eigenvalue weighted by molar-refractivity contribution is 5.75. The highest BCUT2D eigenvalue weighted by Gasteiger charge is 2.59. The van der Waals surface area contributed by atoms with Crippen molar-refractivity contribution in [2.24, 2.45) is 5.92 Å². The highest BCUT2D eigenvalue weighted by atomic mass is 16.6. The van der Waals surface area contributed by atoms with Crippen molar-refractivity contribution < 1.29 is 19.4 Å². The van der Waals surface area contributed by atoms with Crippen LogP contribution in [-0.2, 0) is 14.3 Å². The van der Waals surface area contributed by atoms with E-state index in [9.17, 15) is 4.79 Å². The molecule has 4 nitrogen and oxygen atoms in total. The van der Waals surface area contributed by atoms with Crippen molar-refractivity contribution in [1.29, 1.82) is 0 Å². The minimum Gasteiger partial charge on any atom is -0.481 e. The van der Waals surface area contributed by atoms with Crippen LogP contribution < -0.4 is 0 Å². The van der Waals surface area contributed by atoms with E-state index in [1.54, 1.807) is 0 Å². The lowest BCUT2D eigenvalue weighted by molar-refractivity contribution is -0.139. The Balaban J connectivity index is 1.99. The van der Waals surface area contributed by atoms with Crippen molar-refractivity contribution >= 4 is 5.97 Å². The van der Waals surface area contributed by atoms with Crippen LogP contribution in [0.4, 0.5) is 0 Å². The standard InChI is InChI=1S/C6H8O4/c7-6(8)3-4-5(3)10-2-1-9-4/h3-5H,1-2H2,(H,7,8)/t4-,5-/m0/s1. The minimum atomic E-state index is -0.808. The van der Waals surface area contributed by atoms with Gasteiger partial charge >= 0.3 is 5.97 Å². The first-order valence-electron chi connectivity index (χ1n) is 3.27. The van der Waals surface area contributed by atoms with Crippen LogP contribution in [0.2, 0.25) is 0 Å². The SMILES string of the molecule is O=C(O)C1[C@@H]2OCCO[C@@H]12. The summed E-state index contributed by atoms with van der Waals surface area (Å²) in [6, 6.07) is 0. The van der Waals surface area contributed by atoms with Crippen molar-refractivity contribution in [3.8, 4) is 0 Å². The van der Waals surface area contributed by atoms with Crippen LogP contribution in [0.25, 0.3) is 0 Å². The monoisotopic (exact) mass is 144 g/mol. The van der Waals surface area contributed by atoms with E-state index in [0.29, 0.717) is 13.2 Å². The maximum absolute atomic E-state index is 10.4. The molecule has 0 aromatic carbocycles. The number of aliphatic carboxylic acids is 1. The fourth-order valence-corrected chi connectivity index (χ4v) is 1.30. The smallest absolute Gasteiger partial charge is 0.312 e. The van der Waals surface area contributed by atoms with Crippen LogP contribution in [0.15, 0.2) is 0 Å². The number of carboxylic acid groups (broad SMARTS) is 1. The average molecular weight is 144 g/mol. The van der Waals surface area contributed by atoms with Crippen molar-refractivity contribution in [3.05, 3.63) is 0 Å². The third-order valence-electron chi connectivity index (χ3n) is 1.88. The molecule has 0 radical (unpaired) electrons. The Kier molecular flexibility index (Phi) is 1.18. The van der Waals surface area contributed by atoms with Gasteiger partial charge < -0.3 is 14.6 Å². The van der Waals surface area contributed by atoms with E-state index in [1.165, 1.54) is 0 Å². The Hall–Kier alpha value is -0.610. The van der Waals surface area contributed by atoms with Gasteiger partial charge in [0, 0.05) is 0 Å². The van der Waals surface area contributed by atoms with E-state index in [-0.39, 0.29) is 12.2 Å². The van der Waals surface area contributed by atoms with Gasteiger partial charge in [0.05, 0.1) is 13.2 Å². The molecule has 2 rings (SSSR count). The van der Waals surface area contributed by atoms with Gasteiger partial charge in [-0.25, -0.2) is 0 Å². The lowest BCUT2D eigenvalue weighted by Gasteiger charge is -2.08. The van der Waals surface area contributed by atoms with E-state index in [4.69, 9.17) is 14.6 Å². The minimum absolute atomic E-state index is 0.161. The Morgan fingerprint density at radius 2 is 1.80 bits per heavy atom. The molecule has 2 fully saturated rings. The van der Waals surface area contributed by atoms with Gasteiger partial charge in [-0.05, 0) is 0 Å². The Labute approximate surface area is 57.7 Å². The molecule has 1 aliphatic carbocycles. The molecule has 0 amide bonds. The lowest BCUT2D eigenvalue weighted by Crippen LogP contribution is -2.16. The first-order valence-corrected chi connectivity index (χ1v) is 3.27. The summed E-state index contributed by atoms with van der Waals surface area (Å²) < 4.78 is 10.2. The zero-order valence-electron chi connectivity index (χ0n) is 5.32. The molecule has 56 valence electrons. The molecular weight excluding hydrogens is 136 g/mol. The Morgan fingerprint density at radius 3 is 2.20 bits per heavy atom. The molecule has 0 spiro atoms. The first kappa shape index (κ1) is 6.12. The van der Waals surface area contributed by atoms with Crippen molar-refractivity contribution in [2.45, 2.75) is 12.2 Å². The van der Waals surface area contributed by atoms with Gasteiger partial charge in [-0.15, -0.1) is 0 Å². The number of fused-ring (bicyclic) bond motifs is 1. The first-order chi connectivity index (χ1) is 4.80. The fraction of sp³-hybridized carbons (Fsp3) is 0.833. The van der Waals surface area contributed by atoms with E-state index in [0.717, 1.165) is 0 Å². The normalized spacial score (nSPS) is 44.2. The molecule has 2 aliphatic rings. The van der Waals surface area contributed by atoms with E-state index in [1.807, 2.05) is 0 Å². The maximum atomic E-state index is 10.4. The number of carbonyl (C=O) groups is 1. The van der Waals surface area contributed by atoms with Gasteiger partial charge in [-0.1, -0.05) is 0 Å². The predicted molar refractivity (Wildman–Crippen MR) is 30.6 cm³/mol. The van der Waals surface area contributed by atoms with Crippen LogP contribution in [0, 0.1) is 5.92 Å². The second-order valence-corrected chi connectivity index (χ2v) is 2.53. The molecule has 0 aromatic heterocycles. The van der Waals surface area contributed by atoms with Gasteiger partial charge in [-0.2, -0.15) is 0 Å². The molecule has 1 saturated heterocycles. The molecule has 4 heteroatoms. The van der Waals surface area contributed by atoms with Crippen molar-refractivity contribution in [2.75, 3.05) is 13.2 Å². The van der Waals surface area contributed by atoms with Gasteiger partial charge in [-0.3, -0.25) is 4.79 Å². The fourth-order valence-electron chi connectivity index (χ4n) is 1.30. The zero-order chi connectivity index (χ0) is 7.14. The average Bonchev–Trinajstić information content (AvgIpc) is 2.60. The van der Waals surface area contributed by atoms with Crippen molar-refractivity contribution in [3.63, 3.8) is 0 Å². The van der Waals surface area contributed by atoms with Crippen molar-refractivity contribution in [1.82, 2.24) is 0 Å². The van der Waals surface area contributed by atoms with Crippen LogP contribution in [0.1, 0.15) is 0 Å². The summed E-state index contributed by atoms with van der Waals surface area (Å²) >= 11 is 0. The molecule has 1 saturated carbocycles. The molecule has 2 atom stereocenters. The van der Waals surface area contributed by atoms with E-state index < -0.39 is 11.9 Å². The van der Waals surface area contributed by atoms with Crippen LogP contribution in [-0.4, -0.2) is 36.5 Å². The van der Waals surface area contributed by atoms with E-state index in [2.05, 4.69) is 0 Å². The van der Waals surface area contributed by atoms with Crippen LogP contribution >= 0.6 is 0 Å². The summed E-state index contributed by atoms with van der Waals surface area (Å²) in [5, 5.41) is 8.52. The molecule has 0 bridgehead atoms. The number of hydrogen-bond donors (Lipinski definition) is 1. The number of hydrogen-bond acceptors (Lipinski definition) is 3. The number of rotatable bonds is 1.